The smallest absolute Gasteiger partial charge is 0.331 e. The molecule has 1 saturated heterocycles. The van der Waals surface area contributed by atoms with Crippen LogP contribution < -0.4 is 10.1 Å². The molecule has 0 aliphatic carbocycles. The van der Waals surface area contributed by atoms with Crippen LogP contribution in [0.15, 0.2) is 59.5 Å². The molecule has 1 heterocycles. The van der Waals surface area contributed by atoms with Gasteiger partial charge in [-0.25, -0.2) is 13.2 Å². The quantitative estimate of drug-likeness (QED) is 0.473. The predicted octanol–water partition coefficient (Wildman–Crippen LogP) is 1.91. The Morgan fingerprint density at radius 1 is 1.12 bits per heavy atom. The van der Waals surface area contributed by atoms with E-state index in [1.54, 1.807) is 43.5 Å². The van der Waals surface area contributed by atoms with Gasteiger partial charge in [-0.1, -0.05) is 18.2 Å². The maximum atomic E-state index is 12.7. The van der Waals surface area contributed by atoms with Crippen LogP contribution in [0.2, 0.25) is 0 Å². The number of esters is 1. The van der Waals surface area contributed by atoms with Crippen molar-refractivity contribution in [2.75, 3.05) is 45.3 Å². The molecule has 2 aromatic rings. The van der Waals surface area contributed by atoms with Crippen molar-refractivity contribution in [3.63, 3.8) is 0 Å². The Balaban J connectivity index is 1.52. The molecule has 32 heavy (non-hydrogen) atoms. The summed E-state index contributed by atoms with van der Waals surface area (Å²) in [5, 5.41) is 2.54. The largest absolute Gasteiger partial charge is 0.497 e. The monoisotopic (exact) mass is 460 g/mol. The molecule has 0 atom stereocenters. The van der Waals surface area contributed by atoms with Crippen LogP contribution in [0, 0.1) is 0 Å². The maximum absolute atomic E-state index is 12.7. The van der Waals surface area contributed by atoms with Gasteiger partial charge >= 0.3 is 5.97 Å². The molecule has 1 amide bonds. The number of sulfonamides is 1. The third-order valence-electron chi connectivity index (χ3n) is 4.60. The van der Waals surface area contributed by atoms with Crippen LogP contribution >= 0.6 is 0 Å². The Morgan fingerprint density at radius 3 is 2.53 bits per heavy atom. The number of carbonyl (C=O) groups excluding carboxylic acids is 2. The third kappa shape index (κ3) is 6.39. The van der Waals surface area contributed by atoms with Crippen molar-refractivity contribution in [1.82, 2.24) is 4.31 Å². The number of benzene rings is 2. The fourth-order valence-electron chi connectivity index (χ4n) is 2.93. The molecule has 0 radical (unpaired) electrons. The number of nitrogens with one attached hydrogen (secondary N) is 1. The van der Waals surface area contributed by atoms with Crippen molar-refractivity contribution < 1.29 is 32.2 Å². The summed E-state index contributed by atoms with van der Waals surface area (Å²) in [7, 11) is -2.12. The van der Waals surface area contributed by atoms with Crippen LogP contribution in [-0.4, -0.2) is 64.6 Å². The minimum absolute atomic E-state index is 0.0663. The van der Waals surface area contributed by atoms with Crippen LogP contribution in [0.5, 0.6) is 5.75 Å². The number of methoxy groups -OCH3 is 1. The van der Waals surface area contributed by atoms with Gasteiger partial charge in [0.25, 0.3) is 5.91 Å². The van der Waals surface area contributed by atoms with Gasteiger partial charge in [0, 0.05) is 24.9 Å². The van der Waals surface area contributed by atoms with Crippen molar-refractivity contribution in [2.24, 2.45) is 0 Å². The summed E-state index contributed by atoms with van der Waals surface area (Å²) in [4.78, 5) is 24.0. The topological polar surface area (TPSA) is 111 Å². The zero-order chi connectivity index (χ0) is 23.0. The number of rotatable bonds is 8. The average molecular weight is 461 g/mol. The van der Waals surface area contributed by atoms with Crippen molar-refractivity contribution in [3.8, 4) is 5.75 Å². The zero-order valence-corrected chi connectivity index (χ0v) is 18.3. The van der Waals surface area contributed by atoms with Crippen molar-refractivity contribution in [2.45, 2.75) is 4.90 Å². The fourth-order valence-corrected chi connectivity index (χ4v) is 4.39. The lowest BCUT2D eigenvalue weighted by molar-refractivity contribution is -0.142. The summed E-state index contributed by atoms with van der Waals surface area (Å²) >= 11 is 0. The van der Waals surface area contributed by atoms with Crippen molar-refractivity contribution in [1.29, 1.82) is 0 Å². The Labute approximate surface area is 186 Å². The molecule has 1 fully saturated rings. The lowest BCUT2D eigenvalue weighted by Gasteiger charge is -2.26. The zero-order valence-electron chi connectivity index (χ0n) is 17.5. The summed E-state index contributed by atoms with van der Waals surface area (Å²) in [5.74, 6) is -0.569. The molecule has 0 saturated carbocycles. The first-order valence-corrected chi connectivity index (χ1v) is 11.3. The van der Waals surface area contributed by atoms with E-state index in [1.165, 1.54) is 28.6 Å². The minimum atomic E-state index is -3.68. The molecular weight excluding hydrogens is 436 g/mol. The summed E-state index contributed by atoms with van der Waals surface area (Å²) in [6.07, 6.45) is 2.77. The van der Waals surface area contributed by atoms with E-state index < -0.39 is 28.5 Å². The van der Waals surface area contributed by atoms with E-state index in [0.717, 1.165) is 5.56 Å². The summed E-state index contributed by atoms with van der Waals surface area (Å²) in [6.45, 7) is 0.728. The summed E-state index contributed by atoms with van der Waals surface area (Å²) in [5.41, 5.74) is 1.06. The predicted molar refractivity (Wildman–Crippen MR) is 118 cm³/mol. The van der Waals surface area contributed by atoms with Gasteiger partial charge in [-0.15, -0.1) is 0 Å². The van der Waals surface area contributed by atoms with Gasteiger partial charge < -0.3 is 19.5 Å². The van der Waals surface area contributed by atoms with Gasteiger partial charge in [0.05, 0.1) is 25.2 Å². The van der Waals surface area contributed by atoms with E-state index in [1.807, 2.05) is 0 Å². The Kier molecular flexibility index (Phi) is 7.98. The van der Waals surface area contributed by atoms with E-state index >= 15 is 0 Å². The third-order valence-corrected chi connectivity index (χ3v) is 6.49. The first-order valence-electron chi connectivity index (χ1n) is 9.85. The van der Waals surface area contributed by atoms with Gasteiger partial charge in [-0.3, -0.25) is 4.79 Å². The highest BCUT2D eigenvalue weighted by Gasteiger charge is 2.26. The number of anilines is 1. The average Bonchev–Trinajstić information content (AvgIpc) is 2.82. The van der Waals surface area contributed by atoms with E-state index in [-0.39, 0.29) is 23.7 Å². The molecule has 0 spiro atoms. The van der Waals surface area contributed by atoms with Crippen molar-refractivity contribution >= 4 is 33.7 Å². The molecule has 0 bridgehead atoms. The molecule has 0 aromatic heterocycles. The van der Waals surface area contributed by atoms with Crippen LogP contribution in [0.3, 0.4) is 0 Å². The minimum Gasteiger partial charge on any atom is -0.497 e. The van der Waals surface area contributed by atoms with Crippen LogP contribution in [0.25, 0.3) is 6.08 Å². The first-order chi connectivity index (χ1) is 15.4. The second-order valence-corrected chi connectivity index (χ2v) is 8.74. The lowest BCUT2D eigenvalue weighted by atomic mass is 10.2. The molecule has 0 unspecified atom stereocenters. The highest BCUT2D eigenvalue weighted by atomic mass is 32.2. The SMILES string of the molecule is COc1ccc(C=CC(=O)OCC(=O)Nc2cccc(S(=O)(=O)N3CCOCC3)c2)cc1. The summed E-state index contributed by atoms with van der Waals surface area (Å²) in [6, 6.07) is 13.0. The van der Waals surface area contributed by atoms with E-state index in [2.05, 4.69) is 5.32 Å². The second-order valence-electron chi connectivity index (χ2n) is 6.81. The number of ether oxygens (including phenoxy) is 3. The van der Waals surface area contributed by atoms with Gasteiger partial charge in [0.15, 0.2) is 6.61 Å². The molecular formula is C22H24N2O7S. The normalized spacial score (nSPS) is 14.8. The van der Waals surface area contributed by atoms with E-state index in [4.69, 9.17) is 14.2 Å². The van der Waals surface area contributed by atoms with E-state index in [0.29, 0.717) is 19.0 Å². The lowest BCUT2D eigenvalue weighted by Crippen LogP contribution is -2.40. The second kappa shape index (κ2) is 10.9. The maximum Gasteiger partial charge on any atom is 0.331 e. The van der Waals surface area contributed by atoms with Crippen LogP contribution in [0.1, 0.15) is 5.56 Å². The number of nitrogens with zero attached hydrogens (tertiary/aromatic N) is 1. The molecule has 1 aliphatic heterocycles. The Bertz CT molecular complexity index is 1080. The number of morpholine rings is 1. The highest BCUT2D eigenvalue weighted by molar-refractivity contribution is 7.89. The first kappa shape index (κ1) is 23.5. The van der Waals surface area contributed by atoms with Gasteiger partial charge in [-0.05, 0) is 42.0 Å². The molecule has 1 N–H and O–H groups in total. The van der Waals surface area contributed by atoms with Crippen molar-refractivity contribution in [3.05, 3.63) is 60.2 Å². The number of amides is 1. The van der Waals surface area contributed by atoms with Gasteiger partial charge in [0.2, 0.25) is 10.0 Å². The fraction of sp³-hybridized carbons (Fsp3) is 0.273. The molecule has 2 aromatic carbocycles. The van der Waals surface area contributed by atoms with Crippen LogP contribution in [-0.2, 0) is 29.1 Å². The number of hydrogen-bond donors (Lipinski definition) is 1. The number of hydrogen-bond acceptors (Lipinski definition) is 7. The standard InChI is InChI=1S/C22H24N2O7S/c1-29-19-8-5-17(6-9-19)7-10-22(26)31-16-21(25)23-18-3-2-4-20(15-18)32(27,28)24-11-13-30-14-12-24/h2-10,15H,11-14,16H2,1H3,(H,23,25). The molecule has 9 nitrogen and oxygen atoms in total. The molecule has 10 heteroatoms. The Hall–Kier alpha value is -3.21. The highest BCUT2D eigenvalue weighted by Crippen LogP contribution is 2.20. The van der Waals surface area contributed by atoms with E-state index in [9.17, 15) is 18.0 Å². The molecule has 1 aliphatic rings. The van der Waals surface area contributed by atoms with Crippen LogP contribution in [0.4, 0.5) is 5.69 Å². The Morgan fingerprint density at radius 2 is 1.84 bits per heavy atom. The molecule has 3 rings (SSSR count). The number of carbonyl (C=O) groups is 2. The van der Waals surface area contributed by atoms with Gasteiger partial charge in [0.1, 0.15) is 5.75 Å². The van der Waals surface area contributed by atoms with Gasteiger partial charge in [-0.2, -0.15) is 4.31 Å². The molecule has 170 valence electrons. The summed E-state index contributed by atoms with van der Waals surface area (Å²) < 4.78 is 42.0.